The van der Waals surface area contributed by atoms with Gasteiger partial charge in [0, 0.05) is 36.4 Å². The highest BCUT2D eigenvalue weighted by molar-refractivity contribution is 5.79. The number of nitrogens with zero attached hydrogens (tertiary/aromatic N) is 2. The van der Waals surface area contributed by atoms with E-state index in [0.717, 1.165) is 24.8 Å². The van der Waals surface area contributed by atoms with E-state index in [2.05, 4.69) is 30.3 Å². The van der Waals surface area contributed by atoms with E-state index in [4.69, 9.17) is 4.74 Å². The summed E-state index contributed by atoms with van der Waals surface area (Å²) in [6.07, 6.45) is 3.24. The molecule has 2 bridgehead atoms. The van der Waals surface area contributed by atoms with Gasteiger partial charge in [0.05, 0.1) is 17.2 Å². The Kier molecular flexibility index (Phi) is 5.58. The van der Waals surface area contributed by atoms with Gasteiger partial charge in [0.2, 0.25) is 0 Å². The Hall–Kier alpha value is -3.62. The molecule has 0 spiro atoms. The summed E-state index contributed by atoms with van der Waals surface area (Å²) in [6.45, 7) is 2.27. The van der Waals surface area contributed by atoms with Gasteiger partial charge in [0.1, 0.15) is 6.61 Å². The minimum atomic E-state index is -1.12. The summed E-state index contributed by atoms with van der Waals surface area (Å²) in [6, 6.07) is 24.3. The second-order valence-electron chi connectivity index (χ2n) is 10.6. The molecule has 2 aliphatic heterocycles. The zero-order valence-electron chi connectivity index (χ0n) is 20.5. The molecule has 6 rings (SSSR count). The highest BCUT2D eigenvalue weighted by Gasteiger charge is 2.49. The van der Waals surface area contributed by atoms with Crippen LogP contribution in [0.2, 0.25) is 0 Å². The maximum atomic E-state index is 13.5. The highest BCUT2D eigenvalue weighted by Crippen LogP contribution is 2.47. The molecule has 3 aromatic rings. The number of amides is 1. The molecule has 182 valence electrons. The topological polar surface area (TPSA) is 73.6 Å². The molecular formula is C31H30N2O3. The van der Waals surface area contributed by atoms with Gasteiger partial charge >= 0.3 is 6.09 Å². The van der Waals surface area contributed by atoms with Crippen LogP contribution in [0, 0.1) is 18.3 Å². The highest BCUT2D eigenvalue weighted by atomic mass is 16.6. The second-order valence-corrected chi connectivity index (χ2v) is 10.6. The van der Waals surface area contributed by atoms with Crippen molar-refractivity contribution in [1.82, 2.24) is 4.90 Å². The molecule has 0 saturated carbocycles. The number of carbonyl (C=O) groups excluding carboxylic acids is 1. The summed E-state index contributed by atoms with van der Waals surface area (Å²) >= 11 is 0. The zero-order chi connectivity index (χ0) is 24.9. The summed E-state index contributed by atoms with van der Waals surface area (Å²) in [5.74, 6) is 0.0217. The summed E-state index contributed by atoms with van der Waals surface area (Å²) in [5.41, 5.74) is 5.91. The molecule has 36 heavy (non-hydrogen) atoms. The van der Waals surface area contributed by atoms with Gasteiger partial charge in [-0.05, 0) is 54.5 Å². The molecule has 3 aromatic carbocycles. The lowest BCUT2D eigenvalue weighted by atomic mass is 9.71. The van der Waals surface area contributed by atoms with Crippen LogP contribution in [-0.2, 0) is 10.3 Å². The van der Waals surface area contributed by atoms with Crippen molar-refractivity contribution in [3.05, 3.63) is 94.5 Å². The van der Waals surface area contributed by atoms with E-state index in [1.807, 2.05) is 48.2 Å². The number of nitriles is 1. The average Bonchev–Trinajstić information content (AvgIpc) is 3.20. The van der Waals surface area contributed by atoms with Gasteiger partial charge < -0.3 is 14.7 Å². The Morgan fingerprint density at radius 3 is 2.25 bits per heavy atom. The molecular weight excluding hydrogens is 448 g/mol. The smallest absolute Gasteiger partial charge is 0.410 e. The number of benzene rings is 3. The van der Waals surface area contributed by atoms with Crippen molar-refractivity contribution >= 4 is 6.09 Å². The quantitative estimate of drug-likeness (QED) is 0.500. The van der Waals surface area contributed by atoms with Crippen LogP contribution < -0.4 is 0 Å². The van der Waals surface area contributed by atoms with Crippen molar-refractivity contribution in [2.45, 2.75) is 62.6 Å². The van der Waals surface area contributed by atoms with Gasteiger partial charge in [-0.25, -0.2) is 4.79 Å². The summed E-state index contributed by atoms with van der Waals surface area (Å²) in [5, 5.41) is 21.4. The van der Waals surface area contributed by atoms with Gasteiger partial charge in [-0.2, -0.15) is 5.26 Å². The average molecular weight is 479 g/mol. The number of aliphatic hydroxyl groups is 1. The first-order valence-corrected chi connectivity index (χ1v) is 12.9. The van der Waals surface area contributed by atoms with E-state index < -0.39 is 5.60 Å². The first-order chi connectivity index (χ1) is 17.5. The predicted molar refractivity (Wildman–Crippen MR) is 137 cm³/mol. The third-order valence-corrected chi connectivity index (χ3v) is 8.35. The molecule has 0 aromatic heterocycles. The molecule has 5 heteroatoms. The third kappa shape index (κ3) is 3.68. The molecule has 0 radical (unpaired) electrons. The molecule has 1 amide bonds. The maximum Gasteiger partial charge on any atom is 0.410 e. The van der Waals surface area contributed by atoms with Crippen LogP contribution in [0.4, 0.5) is 4.79 Å². The molecule has 2 fully saturated rings. The van der Waals surface area contributed by atoms with Crippen molar-refractivity contribution in [3.8, 4) is 17.2 Å². The molecule has 1 aliphatic carbocycles. The van der Waals surface area contributed by atoms with E-state index in [1.165, 1.54) is 22.3 Å². The number of rotatable bonds is 3. The number of fused-ring (bicyclic) bond motifs is 5. The third-order valence-electron chi connectivity index (χ3n) is 8.35. The summed E-state index contributed by atoms with van der Waals surface area (Å²) < 4.78 is 6.01. The van der Waals surface area contributed by atoms with Crippen molar-refractivity contribution in [1.29, 1.82) is 5.26 Å². The van der Waals surface area contributed by atoms with Crippen LogP contribution in [-0.4, -0.2) is 34.8 Å². The van der Waals surface area contributed by atoms with Crippen molar-refractivity contribution < 1.29 is 14.6 Å². The van der Waals surface area contributed by atoms with Crippen LogP contribution >= 0.6 is 0 Å². The first kappa shape index (κ1) is 22.8. The Morgan fingerprint density at radius 2 is 1.64 bits per heavy atom. The summed E-state index contributed by atoms with van der Waals surface area (Å²) in [4.78, 5) is 15.4. The van der Waals surface area contributed by atoms with Crippen LogP contribution in [0.15, 0.2) is 66.7 Å². The number of hydrogen-bond acceptors (Lipinski definition) is 4. The number of carbonyl (C=O) groups is 1. The minimum absolute atomic E-state index is 0.0217. The number of hydrogen-bond donors (Lipinski definition) is 1. The van der Waals surface area contributed by atoms with Crippen LogP contribution in [0.3, 0.4) is 0 Å². The fourth-order valence-corrected chi connectivity index (χ4v) is 6.76. The number of ether oxygens (including phenoxy) is 1. The first-order valence-electron chi connectivity index (χ1n) is 12.9. The fourth-order valence-electron chi connectivity index (χ4n) is 6.76. The molecule has 3 aliphatic rings. The van der Waals surface area contributed by atoms with Gasteiger partial charge in [-0.1, -0.05) is 66.2 Å². The van der Waals surface area contributed by atoms with Crippen molar-refractivity contribution in [3.63, 3.8) is 0 Å². The van der Waals surface area contributed by atoms with Crippen LogP contribution in [0.1, 0.15) is 65.8 Å². The Labute approximate surface area is 211 Å². The predicted octanol–water partition coefficient (Wildman–Crippen LogP) is 6.02. The Balaban J connectivity index is 1.22. The maximum absolute atomic E-state index is 13.5. The lowest BCUT2D eigenvalue weighted by Crippen LogP contribution is -2.59. The van der Waals surface area contributed by atoms with Gasteiger partial charge in [0.15, 0.2) is 0 Å². The van der Waals surface area contributed by atoms with Gasteiger partial charge in [-0.3, -0.25) is 0 Å². The zero-order valence-corrected chi connectivity index (χ0v) is 20.5. The minimum Gasteiger partial charge on any atom is -0.448 e. The number of aryl methyl sites for hydroxylation is 1. The molecule has 2 saturated heterocycles. The largest absolute Gasteiger partial charge is 0.448 e. The molecule has 1 N–H and O–H groups in total. The summed E-state index contributed by atoms with van der Waals surface area (Å²) in [7, 11) is 0. The van der Waals surface area contributed by atoms with E-state index in [0.29, 0.717) is 30.6 Å². The van der Waals surface area contributed by atoms with E-state index in [1.54, 1.807) is 6.07 Å². The standard InChI is InChI=1S/C31H30N2O3/c1-20-13-14-21(18-32)29(15-20)31(35)16-22-7-6-8-23(17-31)33(22)30(34)36-19-28-26-11-4-2-9-24(26)25-10-3-5-12-27(25)28/h2-5,9-15,22-23,28,35H,6-8,16-17,19H2,1H3. The lowest BCUT2D eigenvalue weighted by molar-refractivity contribution is -0.0892. The van der Waals surface area contributed by atoms with E-state index >= 15 is 0 Å². The van der Waals surface area contributed by atoms with Gasteiger partial charge in [0.25, 0.3) is 0 Å². The van der Waals surface area contributed by atoms with Crippen LogP contribution in [0.25, 0.3) is 11.1 Å². The molecule has 2 atom stereocenters. The molecule has 2 heterocycles. The van der Waals surface area contributed by atoms with Crippen LogP contribution in [0.5, 0.6) is 0 Å². The SMILES string of the molecule is Cc1ccc(C#N)c(C2(O)CC3CCCC(C2)N3C(=O)OCC2c3ccccc3-c3ccccc32)c1. The lowest BCUT2D eigenvalue weighted by Gasteiger charge is -2.51. The Bertz CT molecular complexity index is 1310. The fraction of sp³-hybridized carbons (Fsp3) is 0.355. The molecule has 2 unspecified atom stereocenters. The van der Waals surface area contributed by atoms with E-state index in [-0.39, 0.29) is 24.1 Å². The Morgan fingerprint density at radius 1 is 1.03 bits per heavy atom. The van der Waals surface area contributed by atoms with Crippen molar-refractivity contribution in [2.75, 3.05) is 6.61 Å². The second kappa shape index (κ2) is 8.80. The number of piperidine rings is 2. The normalized spacial score (nSPS) is 24.5. The molecule has 5 nitrogen and oxygen atoms in total. The van der Waals surface area contributed by atoms with Crippen molar-refractivity contribution in [2.24, 2.45) is 0 Å². The van der Waals surface area contributed by atoms with E-state index in [9.17, 15) is 15.2 Å². The monoisotopic (exact) mass is 478 g/mol. The van der Waals surface area contributed by atoms with Gasteiger partial charge in [-0.15, -0.1) is 0 Å².